The molecular weight excluding hydrogens is 422 g/mol. The highest BCUT2D eigenvalue weighted by atomic mass is 16.5. The van der Waals surface area contributed by atoms with Gasteiger partial charge < -0.3 is 10.1 Å². The van der Waals surface area contributed by atoms with E-state index < -0.39 is 0 Å². The van der Waals surface area contributed by atoms with E-state index in [-0.39, 0.29) is 5.91 Å². The van der Waals surface area contributed by atoms with Crippen molar-refractivity contribution in [2.24, 2.45) is 0 Å². The standard InChI is InChI=1S/C29H29N3O2/c1-20-27(14-11-25-17-21(18-30-28(20)25)19-32-15-3-4-16-32)31-29(33)24-7-5-22(6-8-24)23-9-12-26(34-2)13-10-23/h5-14,17-18H,3-4,15-16,19H2,1-2H3,(H,31,33). The molecular formula is C29H29N3O2. The van der Waals surface area contributed by atoms with Crippen LogP contribution in [0.2, 0.25) is 0 Å². The van der Waals surface area contributed by atoms with Crippen LogP contribution in [0.15, 0.2) is 72.9 Å². The Balaban J connectivity index is 1.30. The van der Waals surface area contributed by atoms with Crippen molar-refractivity contribution in [3.8, 4) is 16.9 Å². The molecule has 0 aliphatic carbocycles. The first-order valence-corrected chi connectivity index (χ1v) is 11.8. The minimum atomic E-state index is -0.130. The highest BCUT2D eigenvalue weighted by molar-refractivity contribution is 6.06. The van der Waals surface area contributed by atoms with Crippen LogP contribution in [-0.2, 0) is 6.54 Å². The summed E-state index contributed by atoms with van der Waals surface area (Å²) >= 11 is 0. The fourth-order valence-corrected chi connectivity index (χ4v) is 4.61. The molecule has 1 aliphatic rings. The number of hydrogen-bond donors (Lipinski definition) is 1. The zero-order valence-electron chi connectivity index (χ0n) is 19.7. The molecule has 0 saturated carbocycles. The lowest BCUT2D eigenvalue weighted by Crippen LogP contribution is -2.18. The molecule has 5 heteroatoms. The maximum atomic E-state index is 12.9. The number of methoxy groups -OCH3 is 1. The Hall–Kier alpha value is -3.70. The number of hydrogen-bond acceptors (Lipinski definition) is 4. The molecule has 1 amide bonds. The number of fused-ring (bicyclic) bond motifs is 1. The van der Waals surface area contributed by atoms with Crippen molar-refractivity contribution >= 4 is 22.5 Å². The van der Waals surface area contributed by atoms with Gasteiger partial charge in [-0.25, -0.2) is 0 Å². The van der Waals surface area contributed by atoms with Crippen molar-refractivity contribution in [1.82, 2.24) is 9.88 Å². The number of anilines is 1. The molecule has 3 aromatic carbocycles. The predicted molar refractivity (Wildman–Crippen MR) is 137 cm³/mol. The van der Waals surface area contributed by atoms with Crippen LogP contribution in [0.4, 0.5) is 5.69 Å². The molecule has 5 nitrogen and oxygen atoms in total. The second-order valence-electron chi connectivity index (χ2n) is 8.90. The molecule has 0 spiro atoms. The largest absolute Gasteiger partial charge is 0.497 e. The summed E-state index contributed by atoms with van der Waals surface area (Å²) in [6, 6.07) is 21.8. The van der Waals surface area contributed by atoms with E-state index in [0.717, 1.165) is 45.6 Å². The number of amides is 1. The topological polar surface area (TPSA) is 54.5 Å². The Bertz CT molecular complexity index is 1310. The van der Waals surface area contributed by atoms with Gasteiger partial charge in [-0.2, -0.15) is 0 Å². The lowest BCUT2D eigenvalue weighted by atomic mass is 10.0. The van der Waals surface area contributed by atoms with Crippen molar-refractivity contribution in [2.75, 3.05) is 25.5 Å². The van der Waals surface area contributed by atoms with Gasteiger partial charge in [0, 0.05) is 29.4 Å². The average Bonchev–Trinajstić information content (AvgIpc) is 3.39. The fraction of sp³-hybridized carbons (Fsp3) is 0.241. The summed E-state index contributed by atoms with van der Waals surface area (Å²) in [6.07, 6.45) is 4.54. The molecule has 0 bridgehead atoms. The van der Waals surface area contributed by atoms with E-state index in [4.69, 9.17) is 9.72 Å². The van der Waals surface area contributed by atoms with Gasteiger partial charge in [-0.3, -0.25) is 14.7 Å². The van der Waals surface area contributed by atoms with E-state index in [9.17, 15) is 4.79 Å². The fourth-order valence-electron chi connectivity index (χ4n) is 4.61. The van der Waals surface area contributed by atoms with Crippen molar-refractivity contribution < 1.29 is 9.53 Å². The monoisotopic (exact) mass is 451 g/mol. The predicted octanol–water partition coefficient (Wildman–Crippen LogP) is 6.07. The van der Waals surface area contributed by atoms with E-state index in [1.54, 1.807) is 7.11 Å². The van der Waals surface area contributed by atoms with Crippen molar-refractivity contribution in [3.05, 3.63) is 89.6 Å². The number of aromatic nitrogens is 1. The lowest BCUT2D eigenvalue weighted by molar-refractivity contribution is 0.102. The van der Waals surface area contributed by atoms with Crippen LogP contribution >= 0.6 is 0 Å². The van der Waals surface area contributed by atoms with Crippen LogP contribution in [0.3, 0.4) is 0 Å². The molecule has 0 atom stereocenters. The Labute approximate surface area is 200 Å². The van der Waals surface area contributed by atoms with Gasteiger partial charge in [0.2, 0.25) is 0 Å². The SMILES string of the molecule is COc1ccc(-c2ccc(C(=O)Nc3ccc4cc(CN5CCCC5)cnc4c3C)cc2)cc1. The lowest BCUT2D eigenvalue weighted by Gasteiger charge is -2.15. The first-order valence-electron chi connectivity index (χ1n) is 11.8. The number of likely N-dealkylation sites (tertiary alicyclic amines) is 1. The van der Waals surface area contributed by atoms with Gasteiger partial charge in [0.15, 0.2) is 0 Å². The maximum absolute atomic E-state index is 12.9. The molecule has 172 valence electrons. The summed E-state index contributed by atoms with van der Waals surface area (Å²) < 4.78 is 5.22. The van der Waals surface area contributed by atoms with Gasteiger partial charge in [0.1, 0.15) is 5.75 Å². The van der Waals surface area contributed by atoms with Gasteiger partial charge in [-0.15, -0.1) is 0 Å². The molecule has 1 aliphatic heterocycles. The molecule has 0 radical (unpaired) electrons. The second kappa shape index (κ2) is 9.65. The summed E-state index contributed by atoms with van der Waals surface area (Å²) in [5, 5.41) is 4.17. The quantitative estimate of drug-likeness (QED) is 0.387. The van der Waals surface area contributed by atoms with Gasteiger partial charge in [-0.1, -0.05) is 30.3 Å². The van der Waals surface area contributed by atoms with Crippen LogP contribution in [-0.4, -0.2) is 36.0 Å². The highest BCUT2D eigenvalue weighted by Crippen LogP contribution is 2.27. The van der Waals surface area contributed by atoms with E-state index in [1.165, 1.54) is 31.5 Å². The van der Waals surface area contributed by atoms with Crippen LogP contribution in [0, 0.1) is 6.92 Å². The third-order valence-electron chi connectivity index (χ3n) is 6.59. The zero-order chi connectivity index (χ0) is 23.5. The molecule has 2 heterocycles. The van der Waals surface area contributed by atoms with Crippen LogP contribution in [0.25, 0.3) is 22.0 Å². The first-order chi connectivity index (χ1) is 16.6. The molecule has 1 saturated heterocycles. The van der Waals surface area contributed by atoms with E-state index in [1.807, 2.05) is 73.8 Å². The van der Waals surface area contributed by atoms with E-state index in [2.05, 4.69) is 16.3 Å². The number of ether oxygens (including phenoxy) is 1. The third kappa shape index (κ3) is 4.66. The number of aryl methyl sites for hydroxylation is 1. The summed E-state index contributed by atoms with van der Waals surface area (Å²) in [5.74, 6) is 0.692. The van der Waals surface area contributed by atoms with Crippen molar-refractivity contribution in [1.29, 1.82) is 0 Å². The highest BCUT2D eigenvalue weighted by Gasteiger charge is 2.14. The summed E-state index contributed by atoms with van der Waals surface area (Å²) in [7, 11) is 1.66. The molecule has 0 unspecified atom stereocenters. The Kier molecular flexibility index (Phi) is 6.28. The molecule has 34 heavy (non-hydrogen) atoms. The number of rotatable bonds is 6. The van der Waals surface area contributed by atoms with E-state index in [0.29, 0.717) is 5.56 Å². The summed E-state index contributed by atoms with van der Waals surface area (Å²) in [6.45, 7) is 5.30. The maximum Gasteiger partial charge on any atom is 0.255 e. The van der Waals surface area contributed by atoms with Gasteiger partial charge >= 0.3 is 0 Å². The number of pyridine rings is 1. The summed E-state index contributed by atoms with van der Waals surface area (Å²) in [5.41, 5.74) is 6.68. The number of carbonyl (C=O) groups is 1. The smallest absolute Gasteiger partial charge is 0.255 e. The zero-order valence-corrected chi connectivity index (χ0v) is 19.7. The van der Waals surface area contributed by atoms with Gasteiger partial charge in [0.05, 0.1) is 12.6 Å². The van der Waals surface area contributed by atoms with Crippen molar-refractivity contribution in [2.45, 2.75) is 26.3 Å². The van der Waals surface area contributed by atoms with Gasteiger partial charge in [0.25, 0.3) is 5.91 Å². The summed E-state index contributed by atoms with van der Waals surface area (Å²) in [4.78, 5) is 20.1. The second-order valence-corrected chi connectivity index (χ2v) is 8.90. The van der Waals surface area contributed by atoms with Crippen molar-refractivity contribution in [3.63, 3.8) is 0 Å². The number of carbonyl (C=O) groups excluding carboxylic acids is 1. The minimum Gasteiger partial charge on any atom is -0.497 e. The molecule has 4 aromatic rings. The average molecular weight is 452 g/mol. The third-order valence-corrected chi connectivity index (χ3v) is 6.59. The van der Waals surface area contributed by atoms with E-state index >= 15 is 0 Å². The molecule has 5 rings (SSSR count). The first kappa shape index (κ1) is 22.1. The van der Waals surface area contributed by atoms with Crippen LogP contribution in [0.1, 0.15) is 34.3 Å². The van der Waals surface area contributed by atoms with Gasteiger partial charge in [-0.05, 0) is 91.5 Å². The number of nitrogens with zero attached hydrogens (tertiary/aromatic N) is 2. The Morgan fingerprint density at radius 3 is 2.32 bits per heavy atom. The minimum absolute atomic E-state index is 0.130. The van der Waals surface area contributed by atoms with Crippen LogP contribution < -0.4 is 10.1 Å². The molecule has 1 aromatic heterocycles. The Morgan fingerprint density at radius 1 is 0.971 bits per heavy atom. The molecule has 1 N–H and O–H groups in total. The normalized spacial score (nSPS) is 13.8. The molecule has 1 fully saturated rings. The Morgan fingerprint density at radius 2 is 1.65 bits per heavy atom. The number of benzene rings is 3. The van der Waals surface area contributed by atoms with Crippen LogP contribution in [0.5, 0.6) is 5.75 Å². The number of nitrogens with one attached hydrogen (secondary N) is 1.